The van der Waals surface area contributed by atoms with Crippen LogP contribution in [0, 0.1) is 6.92 Å². The fraction of sp³-hybridized carbons (Fsp3) is 0.364. The summed E-state index contributed by atoms with van der Waals surface area (Å²) in [5.74, 6) is 2.13. The summed E-state index contributed by atoms with van der Waals surface area (Å²) in [5, 5.41) is 4.17. The molecule has 1 saturated heterocycles. The van der Waals surface area contributed by atoms with Crippen molar-refractivity contribution >= 4 is 17.7 Å². The topological polar surface area (TPSA) is 67.4 Å². The number of piperidine rings is 1. The Morgan fingerprint density at radius 2 is 2.07 bits per heavy atom. The lowest BCUT2D eigenvalue weighted by Crippen LogP contribution is -2.38. The van der Waals surface area contributed by atoms with Gasteiger partial charge in [-0.15, -0.1) is 0 Å². The summed E-state index contributed by atoms with van der Waals surface area (Å²) in [7, 11) is 0. The molecule has 2 aliphatic rings. The minimum absolute atomic E-state index is 0.493. The molecule has 0 saturated carbocycles. The molecule has 2 aromatic heterocycles. The highest BCUT2D eigenvalue weighted by atomic mass is 16.5. The molecule has 3 aromatic rings. The van der Waals surface area contributed by atoms with Crippen molar-refractivity contribution in [3.63, 3.8) is 0 Å². The number of aromatic nitrogens is 3. The first-order chi connectivity index (χ1) is 13.7. The molecule has 0 aliphatic carbocycles. The number of aliphatic imine (C=N–C) groups is 1. The van der Waals surface area contributed by atoms with Gasteiger partial charge in [0.15, 0.2) is 0 Å². The SMILES string of the molecule is Cc1cc(-c2nc(-c3ccc4c(c3)N=CC4)no2)cnc1N1CCCCC1C. The summed E-state index contributed by atoms with van der Waals surface area (Å²) in [4.78, 5) is 16.1. The van der Waals surface area contributed by atoms with Gasteiger partial charge >= 0.3 is 0 Å². The highest BCUT2D eigenvalue weighted by molar-refractivity contribution is 5.78. The van der Waals surface area contributed by atoms with E-state index in [1.54, 1.807) is 0 Å². The summed E-state index contributed by atoms with van der Waals surface area (Å²) in [6.07, 6.45) is 8.41. The normalized spacial score (nSPS) is 18.5. The number of benzene rings is 1. The third-order valence-corrected chi connectivity index (χ3v) is 5.68. The van der Waals surface area contributed by atoms with Gasteiger partial charge in [-0.2, -0.15) is 4.98 Å². The molecular formula is C22H23N5O. The number of rotatable bonds is 3. The van der Waals surface area contributed by atoms with Crippen LogP contribution in [0.1, 0.15) is 37.3 Å². The van der Waals surface area contributed by atoms with Gasteiger partial charge in [0, 0.05) is 37.0 Å². The van der Waals surface area contributed by atoms with Crippen LogP contribution in [0.3, 0.4) is 0 Å². The van der Waals surface area contributed by atoms with Crippen molar-refractivity contribution in [1.29, 1.82) is 0 Å². The predicted molar refractivity (Wildman–Crippen MR) is 110 cm³/mol. The summed E-state index contributed by atoms with van der Waals surface area (Å²) < 4.78 is 5.53. The fourth-order valence-electron chi connectivity index (χ4n) is 4.09. The van der Waals surface area contributed by atoms with Gasteiger partial charge in [0.05, 0.1) is 11.3 Å². The molecule has 0 bridgehead atoms. The first kappa shape index (κ1) is 17.1. The molecule has 4 heterocycles. The average molecular weight is 373 g/mol. The zero-order chi connectivity index (χ0) is 19.1. The van der Waals surface area contributed by atoms with Crippen molar-refractivity contribution in [2.75, 3.05) is 11.4 Å². The molecular weight excluding hydrogens is 350 g/mol. The second kappa shape index (κ2) is 6.86. The number of fused-ring (bicyclic) bond motifs is 1. The van der Waals surface area contributed by atoms with Crippen LogP contribution in [-0.4, -0.2) is 33.9 Å². The zero-order valence-electron chi connectivity index (χ0n) is 16.2. The van der Waals surface area contributed by atoms with Crippen molar-refractivity contribution in [2.45, 2.75) is 45.6 Å². The number of nitrogens with zero attached hydrogens (tertiary/aromatic N) is 5. The summed E-state index contributed by atoms with van der Waals surface area (Å²) in [5.41, 5.74) is 5.12. The highest BCUT2D eigenvalue weighted by Gasteiger charge is 2.22. The Balaban J connectivity index is 1.43. The van der Waals surface area contributed by atoms with E-state index in [2.05, 4.69) is 46.0 Å². The minimum atomic E-state index is 0.493. The molecule has 1 aromatic carbocycles. The van der Waals surface area contributed by atoms with Crippen LogP contribution in [0.5, 0.6) is 0 Å². The van der Waals surface area contributed by atoms with E-state index < -0.39 is 0 Å². The number of hydrogen-bond acceptors (Lipinski definition) is 6. The van der Waals surface area contributed by atoms with Gasteiger partial charge in [0.2, 0.25) is 5.82 Å². The molecule has 1 unspecified atom stereocenters. The molecule has 2 aliphatic heterocycles. The van der Waals surface area contributed by atoms with Crippen LogP contribution in [-0.2, 0) is 6.42 Å². The lowest BCUT2D eigenvalue weighted by atomic mass is 10.0. The lowest BCUT2D eigenvalue weighted by Gasteiger charge is -2.35. The van der Waals surface area contributed by atoms with Crippen LogP contribution in [0.2, 0.25) is 0 Å². The smallest absolute Gasteiger partial charge is 0.259 e. The summed E-state index contributed by atoms with van der Waals surface area (Å²) >= 11 is 0. The quantitative estimate of drug-likeness (QED) is 0.663. The van der Waals surface area contributed by atoms with E-state index >= 15 is 0 Å². The molecule has 1 fully saturated rings. The highest BCUT2D eigenvalue weighted by Crippen LogP contribution is 2.31. The summed E-state index contributed by atoms with van der Waals surface area (Å²) in [6.45, 7) is 5.45. The van der Waals surface area contributed by atoms with Gasteiger partial charge in [-0.3, -0.25) is 4.99 Å². The van der Waals surface area contributed by atoms with Gasteiger partial charge in [0.1, 0.15) is 5.82 Å². The maximum atomic E-state index is 5.53. The average Bonchev–Trinajstić information content (AvgIpc) is 3.37. The Kier molecular flexibility index (Phi) is 4.19. The third kappa shape index (κ3) is 2.99. The van der Waals surface area contributed by atoms with E-state index in [9.17, 15) is 0 Å². The predicted octanol–water partition coefficient (Wildman–Crippen LogP) is 4.74. The second-order valence-electron chi connectivity index (χ2n) is 7.69. The largest absolute Gasteiger partial charge is 0.354 e. The van der Waals surface area contributed by atoms with Crippen molar-refractivity contribution < 1.29 is 4.52 Å². The van der Waals surface area contributed by atoms with Crippen LogP contribution in [0.15, 0.2) is 40.0 Å². The molecule has 0 radical (unpaired) electrons. The van der Waals surface area contributed by atoms with Gasteiger partial charge in [-0.05, 0) is 56.4 Å². The molecule has 1 atom stereocenters. The Morgan fingerprint density at radius 3 is 2.93 bits per heavy atom. The monoisotopic (exact) mass is 373 g/mol. The van der Waals surface area contributed by atoms with E-state index in [4.69, 9.17) is 9.51 Å². The maximum Gasteiger partial charge on any atom is 0.259 e. The Morgan fingerprint density at radius 1 is 1.14 bits per heavy atom. The first-order valence-electron chi connectivity index (χ1n) is 9.92. The van der Waals surface area contributed by atoms with Crippen LogP contribution >= 0.6 is 0 Å². The van der Waals surface area contributed by atoms with Crippen molar-refractivity contribution in [1.82, 2.24) is 15.1 Å². The Labute approximate surface area is 164 Å². The third-order valence-electron chi connectivity index (χ3n) is 5.68. The van der Waals surface area contributed by atoms with Gasteiger partial charge in [0.25, 0.3) is 5.89 Å². The van der Waals surface area contributed by atoms with Crippen molar-refractivity contribution in [3.05, 3.63) is 41.6 Å². The maximum absolute atomic E-state index is 5.53. The van der Waals surface area contributed by atoms with Gasteiger partial charge in [-0.1, -0.05) is 17.3 Å². The molecule has 5 rings (SSSR count). The molecule has 0 spiro atoms. The molecule has 6 nitrogen and oxygen atoms in total. The second-order valence-corrected chi connectivity index (χ2v) is 7.69. The number of anilines is 1. The number of pyridine rings is 1. The molecule has 0 N–H and O–H groups in total. The first-order valence-corrected chi connectivity index (χ1v) is 9.92. The van der Waals surface area contributed by atoms with E-state index in [0.717, 1.165) is 41.2 Å². The van der Waals surface area contributed by atoms with E-state index in [0.29, 0.717) is 17.8 Å². The van der Waals surface area contributed by atoms with Gasteiger partial charge in [-0.25, -0.2) is 4.98 Å². The van der Waals surface area contributed by atoms with Crippen LogP contribution in [0.25, 0.3) is 22.8 Å². The van der Waals surface area contributed by atoms with E-state index in [1.165, 1.54) is 24.8 Å². The standard InChI is InChI=1S/C22H23N5O/c1-14-11-18(13-24-21(14)27-10-4-3-5-15(27)2)22-25-20(26-28-22)17-7-6-16-8-9-23-19(16)12-17/h6-7,9,11-13,15H,3-5,8,10H2,1-2H3. The zero-order valence-corrected chi connectivity index (χ0v) is 16.2. The van der Waals surface area contributed by atoms with Crippen LogP contribution in [0.4, 0.5) is 11.5 Å². The Bertz CT molecular complexity index is 1050. The Hall–Kier alpha value is -3.02. The lowest BCUT2D eigenvalue weighted by molar-refractivity contribution is 0.432. The summed E-state index contributed by atoms with van der Waals surface area (Å²) in [6, 6.07) is 8.73. The van der Waals surface area contributed by atoms with Crippen LogP contribution < -0.4 is 4.90 Å². The molecule has 142 valence electrons. The van der Waals surface area contributed by atoms with E-state index in [-0.39, 0.29) is 0 Å². The van der Waals surface area contributed by atoms with E-state index in [1.807, 2.05) is 24.5 Å². The van der Waals surface area contributed by atoms with Crippen molar-refractivity contribution in [2.24, 2.45) is 4.99 Å². The molecule has 0 amide bonds. The number of aryl methyl sites for hydroxylation is 1. The van der Waals surface area contributed by atoms with Gasteiger partial charge < -0.3 is 9.42 Å². The fourth-order valence-corrected chi connectivity index (χ4v) is 4.09. The molecule has 28 heavy (non-hydrogen) atoms. The minimum Gasteiger partial charge on any atom is -0.354 e. The molecule has 6 heteroatoms. The van der Waals surface area contributed by atoms with Crippen molar-refractivity contribution in [3.8, 4) is 22.8 Å². The number of hydrogen-bond donors (Lipinski definition) is 0.